The summed E-state index contributed by atoms with van der Waals surface area (Å²) >= 11 is 0. The summed E-state index contributed by atoms with van der Waals surface area (Å²) in [6.45, 7) is 10.1. The van der Waals surface area contributed by atoms with Crippen molar-refractivity contribution in [1.29, 1.82) is 0 Å². The van der Waals surface area contributed by atoms with Gasteiger partial charge in [-0.3, -0.25) is 0 Å². The van der Waals surface area contributed by atoms with E-state index in [0.717, 1.165) is 25.3 Å². The van der Waals surface area contributed by atoms with Crippen molar-refractivity contribution in [2.45, 2.75) is 39.5 Å². The Bertz CT molecular complexity index is 401. The molecule has 1 aromatic rings. The van der Waals surface area contributed by atoms with Crippen LogP contribution in [0.1, 0.15) is 38.3 Å². The molecule has 0 unspecified atom stereocenters. The number of benzene rings is 1. The van der Waals surface area contributed by atoms with Crippen LogP contribution in [0.2, 0.25) is 0 Å². The molecule has 0 heterocycles. The largest absolute Gasteiger partial charge is 0.506 e. The number of phenols is 1. The van der Waals surface area contributed by atoms with Gasteiger partial charge in [-0.2, -0.15) is 0 Å². The molecule has 2 N–H and O–H groups in total. The van der Waals surface area contributed by atoms with Gasteiger partial charge in [0.25, 0.3) is 0 Å². The van der Waals surface area contributed by atoms with E-state index >= 15 is 0 Å². The molecule has 0 atom stereocenters. The fraction of sp³-hybridized carbons (Fsp3) is 0.529. The van der Waals surface area contributed by atoms with Gasteiger partial charge in [0.2, 0.25) is 0 Å². The second-order valence-electron chi connectivity index (χ2n) is 5.71. The molecule has 0 saturated carbocycles. The van der Waals surface area contributed by atoms with Crippen LogP contribution in [0.3, 0.4) is 0 Å². The first kappa shape index (κ1) is 25.6. The van der Waals surface area contributed by atoms with Gasteiger partial charge in [-0.1, -0.05) is 20.8 Å². The molecular weight excluding hydrogens is 429 g/mol. The van der Waals surface area contributed by atoms with E-state index < -0.39 is 0 Å². The van der Waals surface area contributed by atoms with Crippen molar-refractivity contribution in [3.05, 3.63) is 38.1 Å². The van der Waals surface area contributed by atoms with E-state index in [4.69, 9.17) is 4.74 Å². The molecule has 0 aliphatic heterocycles. The number of aromatic hydroxyl groups is 1. The van der Waals surface area contributed by atoms with Crippen molar-refractivity contribution < 1.29 is 35.7 Å². The summed E-state index contributed by atoms with van der Waals surface area (Å²) in [5.41, 5.74) is 3.24. The number of methoxy groups -OCH3 is 1. The van der Waals surface area contributed by atoms with E-state index in [1.807, 2.05) is 12.1 Å². The number of hydrogen-bond acceptors (Lipinski definition) is 3. The third-order valence-corrected chi connectivity index (χ3v) is 2.99. The van der Waals surface area contributed by atoms with E-state index in [9.17, 15) is 5.11 Å². The van der Waals surface area contributed by atoms with Crippen LogP contribution in [0.15, 0.2) is 12.1 Å². The van der Waals surface area contributed by atoms with Crippen LogP contribution in [0.25, 0.3) is 0 Å². The normalized spacial score (nSPS) is 9.95. The van der Waals surface area contributed by atoms with Gasteiger partial charge in [-0.15, -0.1) is 0 Å². The van der Waals surface area contributed by atoms with E-state index in [1.165, 1.54) is 11.1 Å². The van der Waals surface area contributed by atoms with Gasteiger partial charge >= 0.3 is 0 Å². The van der Waals surface area contributed by atoms with Crippen molar-refractivity contribution >= 4 is 5.69 Å². The number of aryl methyl sites for hydroxylation is 1. The Kier molecular flexibility index (Phi) is 13.7. The number of anilines is 1. The molecule has 0 saturated heterocycles. The Balaban J connectivity index is -0.00000108. The van der Waals surface area contributed by atoms with E-state index in [2.05, 4.69) is 33.0 Å². The molecule has 0 bridgehead atoms. The van der Waals surface area contributed by atoms with Crippen LogP contribution in [0.4, 0.5) is 5.69 Å². The molecule has 0 fully saturated rings. The first-order valence-electron chi connectivity index (χ1n) is 6.43. The van der Waals surface area contributed by atoms with Gasteiger partial charge in [0.15, 0.2) is 0 Å². The zero-order valence-corrected chi connectivity index (χ0v) is 18.2. The molecule has 0 aliphatic rings. The zero-order chi connectivity index (χ0) is 13.8. The third-order valence-electron chi connectivity index (χ3n) is 2.99. The van der Waals surface area contributed by atoms with E-state index in [0.29, 0.717) is 5.75 Å². The second kappa shape index (κ2) is 11.2. The standard InChI is InChI=1S/C15H25NO2.2CH3.Hf/c1-11-9-13(16-7-6-8-18-5)14(17)10-12(11)15(2,3)4;;;/h9-10,16-17H,6-8H2,1-5H3;2*1H3;/q;2*-1;. The van der Waals surface area contributed by atoms with E-state index in [-0.39, 0.29) is 46.1 Å². The van der Waals surface area contributed by atoms with Gasteiger partial charge in [0.05, 0.1) is 5.69 Å². The Morgan fingerprint density at radius 1 is 1.19 bits per heavy atom. The minimum atomic E-state index is 0. The maximum absolute atomic E-state index is 10.0. The summed E-state index contributed by atoms with van der Waals surface area (Å²) in [6, 6.07) is 3.89. The van der Waals surface area contributed by atoms with Crippen LogP contribution in [0, 0.1) is 21.8 Å². The number of nitrogens with one attached hydrogen (secondary N) is 1. The molecule has 0 aliphatic carbocycles. The molecule has 4 heteroatoms. The Morgan fingerprint density at radius 3 is 2.24 bits per heavy atom. The topological polar surface area (TPSA) is 41.5 Å². The summed E-state index contributed by atoms with van der Waals surface area (Å²) in [7, 11) is 1.69. The molecule has 1 aromatic carbocycles. The van der Waals surface area contributed by atoms with Crippen molar-refractivity contribution in [1.82, 2.24) is 0 Å². The average molecular weight is 460 g/mol. The Morgan fingerprint density at radius 2 is 1.76 bits per heavy atom. The SMILES string of the molecule is COCCCNc1cc(C)c(C(C)(C)C)cc1O.[CH3-].[CH3-].[Hf]. The molecule has 3 nitrogen and oxygen atoms in total. The molecular formula is C17H31HfNO2-2. The molecule has 0 aromatic heterocycles. The Hall–Kier alpha value is -0.350. The fourth-order valence-electron chi connectivity index (χ4n) is 2.09. The number of rotatable bonds is 5. The first-order chi connectivity index (χ1) is 8.36. The minimum Gasteiger partial charge on any atom is -0.506 e. The van der Waals surface area contributed by atoms with E-state index in [1.54, 1.807) is 7.11 Å². The maximum Gasteiger partial charge on any atom is 0.138 e. The number of hydrogen-bond donors (Lipinski definition) is 2. The number of ether oxygens (including phenoxy) is 1. The van der Waals surface area contributed by atoms with Crippen molar-refractivity contribution in [2.24, 2.45) is 0 Å². The van der Waals surface area contributed by atoms with Gasteiger partial charge in [-0.25, -0.2) is 0 Å². The summed E-state index contributed by atoms with van der Waals surface area (Å²) in [5.74, 6) is 0.322. The van der Waals surface area contributed by atoms with Gasteiger partial charge in [0, 0.05) is 46.1 Å². The monoisotopic (exact) mass is 461 g/mol. The maximum atomic E-state index is 10.0. The van der Waals surface area contributed by atoms with Crippen LogP contribution < -0.4 is 5.32 Å². The third kappa shape index (κ3) is 8.01. The zero-order valence-electron chi connectivity index (χ0n) is 14.6. The first-order valence-corrected chi connectivity index (χ1v) is 6.43. The van der Waals surface area contributed by atoms with Crippen LogP contribution in [0.5, 0.6) is 5.75 Å². The number of phenolic OH excluding ortho intramolecular Hbond substituents is 1. The summed E-state index contributed by atoms with van der Waals surface area (Å²) in [6.07, 6.45) is 0.927. The molecule has 21 heavy (non-hydrogen) atoms. The van der Waals surface area contributed by atoms with Gasteiger partial charge < -0.3 is 30.0 Å². The summed E-state index contributed by atoms with van der Waals surface area (Å²) < 4.78 is 5.00. The molecule has 1 rings (SSSR count). The average Bonchev–Trinajstić information content (AvgIpc) is 2.27. The van der Waals surface area contributed by atoms with Gasteiger partial charge in [-0.05, 0) is 42.0 Å². The Labute approximate surface area is 150 Å². The van der Waals surface area contributed by atoms with Crippen LogP contribution >= 0.6 is 0 Å². The predicted molar refractivity (Wildman–Crippen MR) is 89.4 cm³/mol. The van der Waals surface area contributed by atoms with Crippen LogP contribution in [-0.2, 0) is 36.0 Å². The molecule has 122 valence electrons. The summed E-state index contributed by atoms with van der Waals surface area (Å²) in [4.78, 5) is 0. The quantitative estimate of drug-likeness (QED) is 0.298. The second-order valence-corrected chi connectivity index (χ2v) is 5.71. The molecule has 0 amide bonds. The predicted octanol–water partition coefficient (Wildman–Crippen LogP) is 4.34. The molecule has 0 radical (unpaired) electrons. The van der Waals surface area contributed by atoms with Crippen molar-refractivity contribution in [3.63, 3.8) is 0 Å². The smallest absolute Gasteiger partial charge is 0.138 e. The van der Waals surface area contributed by atoms with Crippen molar-refractivity contribution in [3.8, 4) is 5.75 Å². The van der Waals surface area contributed by atoms with Gasteiger partial charge in [0.1, 0.15) is 5.75 Å². The van der Waals surface area contributed by atoms with Crippen molar-refractivity contribution in [2.75, 3.05) is 25.6 Å². The fourth-order valence-corrected chi connectivity index (χ4v) is 2.09. The minimum absolute atomic E-state index is 0. The molecule has 0 spiro atoms. The summed E-state index contributed by atoms with van der Waals surface area (Å²) in [5, 5.41) is 13.3. The van der Waals surface area contributed by atoms with Crippen LogP contribution in [-0.4, -0.2) is 25.4 Å².